The minimum Gasteiger partial charge on any atom is -0.307 e. The summed E-state index contributed by atoms with van der Waals surface area (Å²) in [5, 5.41) is 4.68. The lowest BCUT2D eigenvalue weighted by molar-refractivity contribution is 0.104. The van der Waals surface area contributed by atoms with Crippen molar-refractivity contribution in [1.29, 1.82) is 0 Å². The van der Waals surface area contributed by atoms with E-state index in [9.17, 15) is 18.0 Å². The monoisotopic (exact) mass is 470 g/mol. The molecule has 34 heavy (non-hydrogen) atoms. The van der Waals surface area contributed by atoms with Crippen LogP contribution in [-0.4, -0.2) is 20.2 Å². The molecule has 0 saturated heterocycles. The number of allylic oxidation sites excluding steroid dienone is 1. The van der Waals surface area contributed by atoms with Crippen molar-refractivity contribution in [2.24, 2.45) is 0 Å². The van der Waals surface area contributed by atoms with Crippen molar-refractivity contribution >= 4 is 44.4 Å². The number of fused-ring (bicyclic) bond motifs is 1. The van der Waals surface area contributed by atoms with Crippen LogP contribution < -0.4 is 10.0 Å². The van der Waals surface area contributed by atoms with Crippen LogP contribution in [0.3, 0.4) is 0 Å². The van der Waals surface area contributed by atoms with Gasteiger partial charge >= 0.3 is 6.03 Å². The van der Waals surface area contributed by atoms with E-state index in [1.165, 1.54) is 30.3 Å². The molecule has 0 saturated carbocycles. The van der Waals surface area contributed by atoms with Crippen molar-refractivity contribution in [3.8, 4) is 0 Å². The number of ketones is 1. The normalized spacial score (nSPS) is 11.4. The number of sulfonamides is 1. The second-order valence-electron chi connectivity index (χ2n) is 7.75. The van der Waals surface area contributed by atoms with Gasteiger partial charge in [0.25, 0.3) is 10.0 Å². The van der Waals surface area contributed by atoms with E-state index in [0.29, 0.717) is 11.3 Å². The van der Waals surface area contributed by atoms with E-state index in [0.717, 1.165) is 21.9 Å². The van der Waals surface area contributed by atoms with Gasteiger partial charge in [-0.25, -0.2) is 17.9 Å². The fourth-order valence-electron chi connectivity index (χ4n) is 3.35. The number of amides is 2. The molecule has 4 aromatic carbocycles. The Morgan fingerprint density at radius 1 is 0.794 bits per heavy atom. The molecular formula is C27H22N2O4S. The molecule has 0 aromatic heterocycles. The van der Waals surface area contributed by atoms with E-state index in [4.69, 9.17) is 0 Å². The third kappa shape index (κ3) is 5.57. The second kappa shape index (κ2) is 9.72. The summed E-state index contributed by atoms with van der Waals surface area (Å²) in [6, 6.07) is 25.4. The van der Waals surface area contributed by atoms with E-state index >= 15 is 0 Å². The van der Waals surface area contributed by atoms with Gasteiger partial charge in [-0.2, -0.15) is 0 Å². The predicted octanol–water partition coefficient (Wildman–Crippen LogP) is 5.55. The van der Waals surface area contributed by atoms with Crippen molar-refractivity contribution in [3.05, 3.63) is 114 Å². The van der Waals surface area contributed by atoms with Crippen molar-refractivity contribution in [1.82, 2.24) is 4.72 Å². The predicted molar refractivity (Wildman–Crippen MR) is 134 cm³/mol. The highest BCUT2D eigenvalue weighted by Gasteiger charge is 2.17. The molecular weight excluding hydrogens is 448 g/mol. The van der Waals surface area contributed by atoms with Crippen LogP contribution in [0.4, 0.5) is 10.5 Å². The Kier molecular flexibility index (Phi) is 6.56. The maximum atomic E-state index is 12.5. The van der Waals surface area contributed by atoms with Crippen molar-refractivity contribution in [2.75, 3.05) is 5.32 Å². The first-order valence-corrected chi connectivity index (χ1v) is 12.0. The Balaban J connectivity index is 1.38. The number of aryl methyl sites for hydroxylation is 1. The van der Waals surface area contributed by atoms with Crippen LogP contribution in [-0.2, 0) is 10.0 Å². The summed E-state index contributed by atoms with van der Waals surface area (Å²) in [4.78, 5) is 24.7. The molecule has 4 rings (SSSR count). The standard InChI is InChI=1S/C27H22N2O4S/c1-19-6-15-25(16-7-19)34(32,33)29-27(31)28-24-13-11-22(12-14-24)26(30)17-9-20-8-10-21-4-2-3-5-23(21)18-20/h2-18H,1H3,(H2,28,29,31)/b17-9+. The summed E-state index contributed by atoms with van der Waals surface area (Å²) in [5.41, 5.74) is 2.61. The average molecular weight is 471 g/mol. The molecule has 0 heterocycles. The quantitative estimate of drug-likeness (QED) is 0.285. The molecule has 0 aliphatic rings. The number of nitrogens with one attached hydrogen (secondary N) is 2. The summed E-state index contributed by atoms with van der Waals surface area (Å²) in [7, 11) is -3.99. The van der Waals surface area contributed by atoms with Gasteiger partial charge in [0.2, 0.25) is 0 Å². The lowest BCUT2D eigenvalue weighted by Gasteiger charge is -2.09. The largest absolute Gasteiger partial charge is 0.333 e. The molecule has 0 aliphatic carbocycles. The first-order chi connectivity index (χ1) is 16.3. The van der Waals surface area contributed by atoms with Crippen LogP contribution in [0, 0.1) is 6.92 Å². The minimum atomic E-state index is -3.99. The third-order valence-corrected chi connectivity index (χ3v) is 6.53. The second-order valence-corrected chi connectivity index (χ2v) is 9.44. The summed E-state index contributed by atoms with van der Waals surface area (Å²) < 4.78 is 26.6. The van der Waals surface area contributed by atoms with Crippen molar-refractivity contribution in [2.45, 2.75) is 11.8 Å². The van der Waals surface area contributed by atoms with E-state index in [1.54, 1.807) is 30.3 Å². The highest BCUT2D eigenvalue weighted by molar-refractivity contribution is 7.90. The van der Waals surface area contributed by atoms with Crippen LogP contribution in [0.1, 0.15) is 21.5 Å². The number of carbonyl (C=O) groups excluding carboxylic acids is 2. The highest BCUT2D eigenvalue weighted by atomic mass is 32.2. The van der Waals surface area contributed by atoms with Crippen molar-refractivity contribution < 1.29 is 18.0 Å². The summed E-state index contributed by atoms with van der Waals surface area (Å²) in [5.74, 6) is -0.189. The molecule has 0 bridgehead atoms. The fraction of sp³-hybridized carbons (Fsp3) is 0.0370. The number of hydrogen-bond acceptors (Lipinski definition) is 4. The number of hydrogen-bond donors (Lipinski definition) is 2. The molecule has 0 radical (unpaired) electrons. The molecule has 0 atom stereocenters. The molecule has 2 amide bonds. The Labute approximate surface area is 198 Å². The summed E-state index contributed by atoms with van der Waals surface area (Å²) in [6.45, 7) is 1.84. The molecule has 0 fully saturated rings. The van der Waals surface area contributed by atoms with Gasteiger partial charge < -0.3 is 5.32 Å². The smallest absolute Gasteiger partial charge is 0.307 e. The summed E-state index contributed by atoms with van der Waals surface area (Å²) >= 11 is 0. The number of urea groups is 1. The Morgan fingerprint density at radius 3 is 2.18 bits per heavy atom. The molecule has 170 valence electrons. The van der Waals surface area contributed by atoms with Gasteiger partial charge in [0.1, 0.15) is 0 Å². The number of carbonyl (C=O) groups is 2. The van der Waals surface area contributed by atoms with E-state index in [-0.39, 0.29) is 10.7 Å². The fourth-order valence-corrected chi connectivity index (χ4v) is 4.26. The molecule has 2 N–H and O–H groups in total. The van der Waals surface area contributed by atoms with Crippen LogP contribution >= 0.6 is 0 Å². The average Bonchev–Trinajstić information content (AvgIpc) is 2.82. The zero-order valence-electron chi connectivity index (χ0n) is 18.4. The SMILES string of the molecule is Cc1ccc(S(=O)(=O)NC(=O)Nc2ccc(C(=O)/C=C/c3ccc4ccccc4c3)cc2)cc1. The highest BCUT2D eigenvalue weighted by Crippen LogP contribution is 2.17. The molecule has 7 heteroatoms. The third-order valence-electron chi connectivity index (χ3n) is 5.19. The van der Waals surface area contributed by atoms with Gasteiger partial charge in [-0.15, -0.1) is 0 Å². The lowest BCUT2D eigenvalue weighted by Crippen LogP contribution is -2.34. The molecule has 4 aromatic rings. The van der Waals surface area contributed by atoms with Crippen LogP contribution in [0.15, 0.2) is 102 Å². The van der Waals surface area contributed by atoms with E-state index < -0.39 is 16.1 Å². The Bertz CT molecular complexity index is 1490. The maximum Gasteiger partial charge on any atom is 0.333 e. The molecule has 6 nitrogen and oxygen atoms in total. The maximum absolute atomic E-state index is 12.5. The zero-order chi connectivity index (χ0) is 24.1. The van der Waals surface area contributed by atoms with Gasteiger partial charge in [-0.3, -0.25) is 4.79 Å². The Morgan fingerprint density at radius 2 is 1.47 bits per heavy atom. The number of anilines is 1. The topological polar surface area (TPSA) is 92.3 Å². The molecule has 0 spiro atoms. The van der Waals surface area contributed by atoms with Gasteiger partial charge in [0.15, 0.2) is 5.78 Å². The lowest BCUT2D eigenvalue weighted by atomic mass is 10.1. The van der Waals surface area contributed by atoms with Gasteiger partial charge in [-0.1, -0.05) is 60.2 Å². The van der Waals surface area contributed by atoms with Crippen LogP contribution in [0.2, 0.25) is 0 Å². The van der Waals surface area contributed by atoms with E-state index in [2.05, 4.69) is 5.32 Å². The molecule has 0 aliphatic heterocycles. The Hall–Kier alpha value is -4.23. The first-order valence-electron chi connectivity index (χ1n) is 10.5. The summed E-state index contributed by atoms with van der Waals surface area (Å²) in [6.07, 6.45) is 3.25. The first kappa shape index (κ1) is 22.9. The van der Waals surface area contributed by atoms with Gasteiger partial charge in [-0.05, 0) is 71.8 Å². The van der Waals surface area contributed by atoms with Gasteiger partial charge in [0.05, 0.1) is 4.90 Å². The van der Waals surface area contributed by atoms with Crippen molar-refractivity contribution in [3.63, 3.8) is 0 Å². The van der Waals surface area contributed by atoms with Gasteiger partial charge in [0, 0.05) is 11.3 Å². The molecule has 0 unspecified atom stereocenters. The number of rotatable bonds is 6. The number of benzene rings is 4. The van der Waals surface area contributed by atoms with E-state index in [1.807, 2.05) is 54.1 Å². The minimum absolute atomic E-state index is 0.00704. The zero-order valence-corrected chi connectivity index (χ0v) is 19.2. The van der Waals surface area contributed by atoms with Crippen LogP contribution in [0.5, 0.6) is 0 Å². The van der Waals surface area contributed by atoms with Crippen LogP contribution in [0.25, 0.3) is 16.8 Å².